The summed E-state index contributed by atoms with van der Waals surface area (Å²) in [5.41, 5.74) is 5.38. The first-order valence-corrected chi connectivity index (χ1v) is 6.95. The molecule has 0 aliphatic heterocycles. The van der Waals surface area contributed by atoms with Crippen LogP contribution < -0.4 is 0 Å². The monoisotopic (exact) mass is 261 g/mol. The number of aryl methyl sites for hydroxylation is 1. The maximum absolute atomic E-state index is 12.9. The molecule has 1 aliphatic rings. The normalized spacial score (nSPS) is 16.8. The molecule has 2 nitrogen and oxygen atoms in total. The number of hydrogen-bond donors (Lipinski definition) is 1. The molecular weight excluding hydrogens is 246 g/mol. The molecule has 1 N–H and O–H groups in total. The summed E-state index contributed by atoms with van der Waals surface area (Å²) >= 11 is 0. The zero-order valence-electron chi connectivity index (χ0n) is 11.3. The van der Waals surface area contributed by atoms with Crippen molar-refractivity contribution in [2.24, 2.45) is 0 Å². The van der Waals surface area contributed by atoms with E-state index in [-0.39, 0.29) is 11.7 Å². The smallest absolute Gasteiger partial charge is 0.173 e. The molecule has 20 heavy (non-hydrogen) atoms. The van der Waals surface area contributed by atoms with Crippen molar-refractivity contribution in [2.45, 2.75) is 19.3 Å². The van der Waals surface area contributed by atoms with Crippen molar-refractivity contribution < 1.29 is 4.79 Å². The van der Waals surface area contributed by atoms with Crippen LogP contribution in [0, 0.1) is 6.92 Å². The van der Waals surface area contributed by atoms with Gasteiger partial charge >= 0.3 is 0 Å². The van der Waals surface area contributed by atoms with Gasteiger partial charge in [0.25, 0.3) is 0 Å². The second-order valence-corrected chi connectivity index (χ2v) is 5.49. The van der Waals surface area contributed by atoms with Crippen LogP contribution in [0.4, 0.5) is 0 Å². The molecule has 1 atom stereocenters. The molecule has 2 aromatic carbocycles. The lowest BCUT2D eigenvalue weighted by Gasteiger charge is -2.28. The van der Waals surface area contributed by atoms with E-state index in [1.54, 1.807) is 0 Å². The Hall–Kier alpha value is -2.35. The number of rotatable bonds is 2. The quantitative estimate of drug-likeness (QED) is 0.695. The molecule has 2 heteroatoms. The molecule has 0 saturated carbocycles. The van der Waals surface area contributed by atoms with Gasteiger partial charge in [0, 0.05) is 22.2 Å². The minimum Gasteiger partial charge on any atom is -0.358 e. The highest BCUT2D eigenvalue weighted by Crippen LogP contribution is 2.39. The lowest BCUT2D eigenvalue weighted by Crippen LogP contribution is -2.25. The molecule has 1 heterocycles. The maximum atomic E-state index is 12.9. The maximum Gasteiger partial charge on any atom is 0.173 e. The Morgan fingerprint density at radius 1 is 1.10 bits per heavy atom. The molecule has 4 rings (SSSR count). The third-order valence-corrected chi connectivity index (χ3v) is 4.31. The summed E-state index contributed by atoms with van der Waals surface area (Å²) in [4.78, 5) is 16.2. The number of ketones is 1. The van der Waals surface area contributed by atoms with Gasteiger partial charge in [-0.15, -0.1) is 0 Å². The molecule has 1 aromatic heterocycles. The van der Waals surface area contributed by atoms with E-state index in [9.17, 15) is 4.79 Å². The Kier molecular flexibility index (Phi) is 2.34. The second-order valence-electron chi connectivity index (χ2n) is 5.49. The number of carbonyl (C=O) groups is 1. The molecule has 3 aromatic rings. The van der Waals surface area contributed by atoms with Gasteiger partial charge in [-0.05, 0) is 30.5 Å². The van der Waals surface area contributed by atoms with Crippen molar-refractivity contribution in [3.63, 3.8) is 0 Å². The van der Waals surface area contributed by atoms with Crippen LogP contribution in [-0.4, -0.2) is 10.8 Å². The standard InChI is InChI=1S/C18H15NO/c1-11-17(14-8-4-5-9-16(14)19-11)18(20)15-10-12-6-2-3-7-13(12)15/h2-9,15,19H,10H2,1H3. The molecular formula is C18H15NO. The third kappa shape index (κ3) is 1.48. The molecule has 0 amide bonds. The lowest BCUT2D eigenvalue weighted by molar-refractivity contribution is 0.0950. The largest absolute Gasteiger partial charge is 0.358 e. The van der Waals surface area contributed by atoms with Gasteiger partial charge in [0.2, 0.25) is 0 Å². The van der Waals surface area contributed by atoms with Gasteiger partial charge in [0.1, 0.15) is 0 Å². The van der Waals surface area contributed by atoms with Crippen molar-refractivity contribution in [1.82, 2.24) is 4.98 Å². The number of Topliss-reactive ketones (excluding diaryl/α,β-unsaturated/α-hetero) is 1. The SMILES string of the molecule is Cc1[nH]c2ccccc2c1C(=O)C1Cc2ccccc21. The highest BCUT2D eigenvalue weighted by Gasteiger charge is 2.34. The molecule has 0 saturated heterocycles. The minimum absolute atomic E-state index is 0.0316. The highest BCUT2D eigenvalue weighted by atomic mass is 16.1. The topological polar surface area (TPSA) is 32.9 Å². The third-order valence-electron chi connectivity index (χ3n) is 4.31. The van der Waals surface area contributed by atoms with Gasteiger partial charge in [-0.1, -0.05) is 42.5 Å². The number of carbonyl (C=O) groups excluding carboxylic acids is 1. The van der Waals surface area contributed by atoms with Crippen molar-refractivity contribution in [2.75, 3.05) is 0 Å². The predicted molar refractivity (Wildman–Crippen MR) is 80.3 cm³/mol. The number of H-pyrrole nitrogens is 1. The van der Waals surface area contributed by atoms with Crippen LogP contribution in [0.25, 0.3) is 10.9 Å². The van der Waals surface area contributed by atoms with Crippen molar-refractivity contribution in [1.29, 1.82) is 0 Å². The summed E-state index contributed by atoms with van der Waals surface area (Å²) in [6, 6.07) is 16.3. The average Bonchev–Trinajstić information content (AvgIpc) is 2.76. The lowest BCUT2D eigenvalue weighted by atomic mass is 9.73. The number of benzene rings is 2. The van der Waals surface area contributed by atoms with E-state index < -0.39 is 0 Å². The first kappa shape index (κ1) is 11.5. The van der Waals surface area contributed by atoms with Crippen molar-refractivity contribution in [3.05, 3.63) is 70.9 Å². The first-order valence-electron chi connectivity index (χ1n) is 6.95. The Labute approximate surface area is 117 Å². The molecule has 0 radical (unpaired) electrons. The number of aromatic nitrogens is 1. The van der Waals surface area contributed by atoms with E-state index in [1.807, 2.05) is 43.3 Å². The Morgan fingerprint density at radius 3 is 2.70 bits per heavy atom. The van der Waals surface area contributed by atoms with Crippen molar-refractivity contribution >= 4 is 16.7 Å². The van der Waals surface area contributed by atoms with E-state index in [2.05, 4.69) is 17.1 Å². The van der Waals surface area contributed by atoms with Gasteiger partial charge in [-0.2, -0.15) is 0 Å². The van der Waals surface area contributed by atoms with Gasteiger partial charge < -0.3 is 4.98 Å². The molecule has 0 fully saturated rings. The fourth-order valence-corrected chi connectivity index (χ4v) is 3.26. The second kappa shape index (κ2) is 4.07. The summed E-state index contributed by atoms with van der Waals surface area (Å²) in [5.74, 6) is 0.280. The van der Waals surface area contributed by atoms with Crippen molar-refractivity contribution in [3.8, 4) is 0 Å². The van der Waals surface area contributed by atoms with Gasteiger partial charge in [0.15, 0.2) is 5.78 Å². The predicted octanol–water partition coefficient (Wildman–Crippen LogP) is 4.00. The molecule has 0 spiro atoms. The van der Waals surface area contributed by atoms with Crippen LogP contribution >= 0.6 is 0 Å². The molecule has 1 unspecified atom stereocenters. The van der Waals surface area contributed by atoms with Crippen LogP contribution in [0.1, 0.15) is 33.1 Å². The van der Waals surface area contributed by atoms with E-state index in [0.717, 1.165) is 28.6 Å². The zero-order valence-corrected chi connectivity index (χ0v) is 11.3. The van der Waals surface area contributed by atoms with Gasteiger partial charge in [-0.25, -0.2) is 0 Å². The van der Waals surface area contributed by atoms with Crippen LogP contribution in [0.3, 0.4) is 0 Å². The summed E-state index contributed by atoms with van der Waals surface area (Å²) in [7, 11) is 0. The summed E-state index contributed by atoms with van der Waals surface area (Å²) < 4.78 is 0. The van der Waals surface area contributed by atoms with E-state index in [0.29, 0.717) is 0 Å². The number of aromatic amines is 1. The first-order chi connectivity index (χ1) is 9.75. The number of hydrogen-bond acceptors (Lipinski definition) is 1. The number of para-hydroxylation sites is 1. The van der Waals surface area contributed by atoms with Gasteiger partial charge in [0.05, 0.1) is 5.92 Å². The van der Waals surface area contributed by atoms with E-state index >= 15 is 0 Å². The summed E-state index contributed by atoms with van der Waals surface area (Å²) in [6.07, 6.45) is 0.869. The fraction of sp³-hybridized carbons (Fsp3) is 0.167. The molecule has 0 bridgehead atoms. The minimum atomic E-state index is 0.0316. The van der Waals surface area contributed by atoms with E-state index in [1.165, 1.54) is 11.1 Å². The van der Waals surface area contributed by atoms with E-state index in [4.69, 9.17) is 0 Å². The Bertz CT molecular complexity index is 828. The number of nitrogens with one attached hydrogen (secondary N) is 1. The number of fused-ring (bicyclic) bond motifs is 2. The van der Waals surface area contributed by atoms with Gasteiger partial charge in [-0.3, -0.25) is 4.79 Å². The summed E-state index contributed by atoms with van der Waals surface area (Å²) in [6.45, 7) is 1.98. The Balaban J connectivity index is 1.81. The van der Waals surface area contributed by atoms with Crippen LogP contribution in [0.2, 0.25) is 0 Å². The zero-order chi connectivity index (χ0) is 13.7. The van der Waals surface area contributed by atoms with Crippen LogP contribution in [0.15, 0.2) is 48.5 Å². The molecule has 1 aliphatic carbocycles. The Morgan fingerprint density at radius 2 is 1.85 bits per heavy atom. The highest BCUT2D eigenvalue weighted by molar-refractivity contribution is 6.12. The van der Waals surface area contributed by atoms with Crippen LogP contribution in [-0.2, 0) is 6.42 Å². The molecule has 98 valence electrons. The summed E-state index contributed by atoms with van der Waals surface area (Å²) in [5, 5.41) is 1.04. The van der Waals surface area contributed by atoms with Crippen LogP contribution in [0.5, 0.6) is 0 Å². The fourth-order valence-electron chi connectivity index (χ4n) is 3.26. The average molecular weight is 261 g/mol.